The molecule has 0 radical (unpaired) electrons. The quantitative estimate of drug-likeness (QED) is 0.399. The number of rotatable bonds is 7. The highest BCUT2D eigenvalue weighted by atomic mass is 32.1. The molecule has 0 aliphatic rings. The summed E-state index contributed by atoms with van der Waals surface area (Å²) in [4.78, 5) is 19.5. The van der Waals surface area contributed by atoms with Crippen LogP contribution < -0.4 is 15.4 Å². The molecule has 0 amide bonds. The number of esters is 1. The number of thiazole rings is 1. The van der Waals surface area contributed by atoms with Crippen molar-refractivity contribution in [1.82, 2.24) is 15.6 Å². The van der Waals surface area contributed by atoms with E-state index in [2.05, 4.69) is 20.6 Å². The van der Waals surface area contributed by atoms with Crippen LogP contribution in [0.5, 0.6) is 5.75 Å². The fourth-order valence-electron chi connectivity index (χ4n) is 2.38. The van der Waals surface area contributed by atoms with Gasteiger partial charge in [-0.2, -0.15) is 13.2 Å². The fourth-order valence-corrected chi connectivity index (χ4v) is 3.19. The Balaban J connectivity index is 1.89. The minimum Gasteiger partial charge on any atom is -0.496 e. The van der Waals surface area contributed by atoms with Gasteiger partial charge in [-0.25, -0.2) is 9.78 Å². The molecule has 1 heterocycles. The number of hydrogen-bond donors (Lipinski definition) is 2. The van der Waals surface area contributed by atoms with E-state index in [1.54, 1.807) is 25.2 Å². The van der Waals surface area contributed by atoms with Gasteiger partial charge in [0, 0.05) is 31.9 Å². The SMILES string of the molecule is CN=C(NCCc1nc(C(F)(F)F)cs1)NCc1ccc(OC)c(C(=O)OC)c1. The van der Waals surface area contributed by atoms with E-state index in [0.29, 0.717) is 41.8 Å². The van der Waals surface area contributed by atoms with Crippen molar-refractivity contribution in [3.8, 4) is 5.75 Å². The van der Waals surface area contributed by atoms with Gasteiger partial charge in [-0.3, -0.25) is 4.99 Å². The van der Waals surface area contributed by atoms with Crippen molar-refractivity contribution in [3.05, 3.63) is 45.4 Å². The van der Waals surface area contributed by atoms with Gasteiger partial charge >= 0.3 is 12.1 Å². The zero-order valence-electron chi connectivity index (χ0n) is 16.1. The Bertz CT molecular complexity index is 868. The fraction of sp³-hybridized carbons (Fsp3) is 0.389. The number of benzene rings is 1. The molecule has 0 aliphatic heterocycles. The predicted octanol–water partition coefficient (Wildman–Crippen LogP) is 2.86. The summed E-state index contributed by atoms with van der Waals surface area (Å²) in [5.74, 6) is 0.366. The van der Waals surface area contributed by atoms with E-state index in [1.807, 2.05) is 0 Å². The van der Waals surface area contributed by atoms with Crippen LogP contribution in [0.4, 0.5) is 13.2 Å². The van der Waals surface area contributed by atoms with Crippen LogP contribution in [-0.4, -0.2) is 44.7 Å². The van der Waals surface area contributed by atoms with Gasteiger partial charge in [-0.05, 0) is 17.7 Å². The Labute approximate surface area is 170 Å². The number of alkyl halides is 3. The third-order valence-electron chi connectivity index (χ3n) is 3.83. The molecule has 2 aromatic rings. The van der Waals surface area contributed by atoms with Crippen LogP contribution in [0, 0.1) is 0 Å². The molecule has 158 valence electrons. The van der Waals surface area contributed by atoms with E-state index in [1.165, 1.54) is 14.2 Å². The lowest BCUT2D eigenvalue weighted by atomic mass is 10.1. The van der Waals surface area contributed by atoms with Crippen molar-refractivity contribution >= 4 is 23.3 Å². The summed E-state index contributed by atoms with van der Waals surface area (Å²) in [5, 5.41) is 7.48. The van der Waals surface area contributed by atoms with Crippen LogP contribution in [0.3, 0.4) is 0 Å². The molecule has 2 N–H and O–H groups in total. The molecule has 0 saturated heterocycles. The number of aliphatic imine (C=N–C) groups is 1. The first-order chi connectivity index (χ1) is 13.8. The molecule has 7 nitrogen and oxygen atoms in total. The number of aromatic nitrogens is 1. The standard InChI is InChI=1S/C18H21F3N4O3S/c1-22-17(23-7-6-15-25-14(10-29-15)18(19,20)21)24-9-11-4-5-13(27-2)12(8-11)16(26)28-3/h4-5,8,10H,6-7,9H2,1-3H3,(H2,22,23,24). The molecule has 0 bridgehead atoms. The highest BCUT2D eigenvalue weighted by Crippen LogP contribution is 2.30. The minimum atomic E-state index is -4.43. The Kier molecular flexibility index (Phi) is 7.82. The lowest BCUT2D eigenvalue weighted by Gasteiger charge is -2.13. The lowest BCUT2D eigenvalue weighted by Crippen LogP contribution is -2.37. The minimum absolute atomic E-state index is 0.307. The second-order valence-corrected chi connectivity index (χ2v) is 6.70. The van der Waals surface area contributed by atoms with Crippen LogP contribution in [0.15, 0.2) is 28.6 Å². The first-order valence-corrected chi connectivity index (χ1v) is 9.37. The average molecular weight is 430 g/mol. The Morgan fingerprint density at radius 1 is 1.28 bits per heavy atom. The largest absolute Gasteiger partial charge is 0.496 e. The summed E-state index contributed by atoms with van der Waals surface area (Å²) >= 11 is 0.969. The smallest absolute Gasteiger partial charge is 0.434 e. The van der Waals surface area contributed by atoms with Gasteiger partial charge < -0.3 is 20.1 Å². The van der Waals surface area contributed by atoms with Gasteiger partial charge in [0.2, 0.25) is 0 Å². The van der Waals surface area contributed by atoms with Crippen molar-refractivity contribution in [2.24, 2.45) is 4.99 Å². The molecule has 1 aromatic heterocycles. The topological polar surface area (TPSA) is 84.8 Å². The molecule has 0 aliphatic carbocycles. The van der Waals surface area contributed by atoms with E-state index in [-0.39, 0.29) is 0 Å². The van der Waals surface area contributed by atoms with Gasteiger partial charge in [0.1, 0.15) is 11.3 Å². The van der Waals surface area contributed by atoms with Crippen molar-refractivity contribution in [2.75, 3.05) is 27.8 Å². The number of guanidine groups is 1. The second-order valence-electron chi connectivity index (χ2n) is 5.75. The van der Waals surface area contributed by atoms with Crippen LogP contribution in [-0.2, 0) is 23.9 Å². The Hall–Kier alpha value is -2.82. The number of nitrogens with zero attached hydrogens (tertiary/aromatic N) is 2. The summed E-state index contributed by atoms with van der Waals surface area (Å²) in [6.07, 6.45) is -4.10. The van der Waals surface area contributed by atoms with Crippen LogP contribution in [0.25, 0.3) is 0 Å². The van der Waals surface area contributed by atoms with E-state index in [4.69, 9.17) is 9.47 Å². The summed E-state index contributed by atoms with van der Waals surface area (Å²) < 4.78 is 47.6. The maximum absolute atomic E-state index is 12.6. The molecule has 0 spiro atoms. The number of halogens is 3. The first-order valence-electron chi connectivity index (χ1n) is 8.49. The number of carbonyl (C=O) groups excluding carboxylic acids is 1. The van der Waals surface area contributed by atoms with Crippen molar-refractivity contribution in [2.45, 2.75) is 19.1 Å². The normalized spacial score (nSPS) is 11.9. The van der Waals surface area contributed by atoms with Gasteiger partial charge in [-0.15, -0.1) is 11.3 Å². The number of methoxy groups -OCH3 is 2. The van der Waals surface area contributed by atoms with Gasteiger partial charge in [-0.1, -0.05) is 6.07 Å². The van der Waals surface area contributed by atoms with Gasteiger partial charge in [0.05, 0.1) is 19.2 Å². The lowest BCUT2D eigenvalue weighted by molar-refractivity contribution is -0.140. The van der Waals surface area contributed by atoms with Crippen molar-refractivity contribution in [1.29, 1.82) is 0 Å². The molecule has 2 rings (SSSR count). The Morgan fingerprint density at radius 3 is 2.62 bits per heavy atom. The van der Waals surface area contributed by atoms with Gasteiger partial charge in [0.15, 0.2) is 11.7 Å². The Morgan fingerprint density at radius 2 is 2.03 bits per heavy atom. The number of ether oxygens (including phenoxy) is 2. The van der Waals surface area contributed by atoms with Gasteiger partial charge in [0.25, 0.3) is 0 Å². The zero-order chi connectivity index (χ0) is 21.4. The predicted molar refractivity (Wildman–Crippen MR) is 103 cm³/mol. The third-order valence-corrected chi connectivity index (χ3v) is 4.73. The first kappa shape index (κ1) is 22.5. The summed E-state index contributed by atoms with van der Waals surface area (Å²) in [6, 6.07) is 5.11. The van der Waals surface area contributed by atoms with Crippen LogP contribution in [0.1, 0.15) is 26.6 Å². The van der Waals surface area contributed by atoms with Crippen LogP contribution in [0.2, 0.25) is 0 Å². The molecule has 11 heteroatoms. The van der Waals surface area contributed by atoms with Crippen molar-refractivity contribution in [3.63, 3.8) is 0 Å². The molecule has 0 unspecified atom stereocenters. The summed E-state index contributed by atoms with van der Waals surface area (Å²) in [6.45, 7) is 0.726. The summed E-state index contributed by atoms with van der Waals surface area (Å²) in [7, 11) is 4.33. The third kappa shape index (κ3) is 6.34. The molecular formula is C18H21F3N4O3S. The highest BCUT2D eigenvalue weighted by Gasteiger charge is 2.33. The molecule has 1 aromatic carbocycles. The van der Waals surface area contributed by atoms with E-state index >= 15 is 0 Å². The van der Waals surface area contributed by atoms with Crippen LogP contribution >= 0.6 is 11.3 Å². The zero-order valence-corrected chi connectivity index (χ0v) is 16.9. The van der Waals surface area contributed by atoms with E-state index in [9.17, 15) is 18.0 Å². The molecule has 0 fully saturated rings. The molecule has 0 atom stereocenters. The number of carbonyl (C=O) groups is 1. The highest BCUT2D eigenvalue weighted by molar-refractivity contribution is 7.09. The van der Waals surface area contributed by atoms with E-state index < -0.39 is 17.8 Å². The maximum atomic E-state index is 12.6. The number of hydrogen-bond acceptors (Lipinski definition) is 6. The molecular weight excluding hydrogens is 409 g/mol. The van der Waals surface area contributed by atoms with E-state index in [0.717, 1.165) is 22.3 Å². The second kappa shape index (κ2) is 10.1. The summed E-state index contributed by atoms with van der Waals surface area (Å²) in [5.41, 5.74) is 0.228. The van der Waals surface area contributed by atoms with Crippen molar-refractivity contribution < 1.29 is 27.4 Å². The average Bonchev–Trinajstić information content (AvgIpc) is 3.19. The maximum Gasteiger partial charge on any atom is 0.434 e. The monoisotopic (exact) mass is 430 g/mol. The molecule has 29 heavy (non-hydrogen) atoms. The number of nitrogens with one attached hydrogen (secondary N) is 2. The molecule has 0 saturated carbocycles.